The van der Waals surface area contributed by atoms with Gasteiger partial charge in [0.2, 0.25) is 0 Å². The van der Waals surface area contributed by atoms with Gasteiger partial charge in [-0.25, -0.2) is 0 Å². The van der Waals surface area contributed by atoms with E-state index in [1.807, 2.05) is 6.92 Å². The molecule has 106 valence electrons. The van der Waals surface area contributed by atoms with E-state index in [-0.39, 0.29) is 0 Å². The molecule has 2 aromatic rings. The lowest BCUT2D eigenvalue weighted by molar-refractivity contribution is 0.341. The summed E-state index contributed by atoms with van der Waals surface area (Å²) in [5, 5.41) is 3.48. The molecule has 0 unspecified atom stereocenters. The second-order valence-electron chi connectivity index (χ2n) is 5.22. The Morgan fingerprint density at radius 3 is 2.40 bits per heavy atom. The van der Waals surface area contributed by atoms with E-state index in [4.69, 9.17) is 4.74 Å². The third kappa shape index (κ3) is 3.53. The fourth-order valence-electron chi connectivity index (χ4n) is 2.23. The Bertz CT molecular complexity index is 590. The summed E-state index contributed by atoms with van der Waals surface area (Å²) in [6.07, 6.45) is 0. The van der Waals surface area contributed by atoms with Crippen molar-refractivity contribution in [1.82, 2.24) is 0 Å². The number of hydrogen-bond donors (Lipinski definition) is 1. The molecule has 0 fully saturated rings. The van der Waals surface area contributed by atoms with Gasteiger partial charge in [0.05, 0.1) is 12.3 Å². The number of rotatable bonds is 5. The SMILES string of the molecule is CCOc1cc(C)ccc1NCc1cc(C)ccc1C. The summed E-state index contributed by atoms with van der Waals surface area (Å²) in [7, 11) is 0. The van der Waals surface area contributed by atoms with Crippen LogP contribution in [0.3, 0.4) is 0 Å². The van der Waals surface area contributed by atoms with Crippen LogP contribution in [-0.4, -0.2) is 6.61 Å². The van der Waals surface area contributed by atoms with E-state index in [1.54, 1.807) is 0 Å². The summed E-state index contributed by atoms with van der Waals surface area (Å²) in [6.45, 7) is 9.86. The lowest BCUT2D eigenvalue weighted by atomic mass is 10.1. The average Bonchev–Trinajstić information content (AvgIpc) is 2.42. The molecule has 0 aliphatic carbocycles. The monoisotopic (exact) mass is 269 g/mol. The van der Waals surface area contributed by atoms with Gasteiger partial charge in [-0.15, -0.1) is 0 Å². The molecule has 0 radical (unpaired) electrons. The molecule has 2 nitrogen and oxygen atoms in total. The number of hydrogen-bond acceptors (Lipinski definition) is 2. The lowest BCUT2D eigenvalue weighted by Gasteiger charge is -2.14. The quantitative estimate of drug-likeness (QED) is 0.855. The van der Waals surface area contributed by atoms with Crippen molar-refractivity contribution in [2.75, 3.05) is 11.9 Å². The lowest BCUT2D eigenvalue weighted by Crippen LogP contribution is -2.04. The first-order chi connectivity index (χ1) is 9.60. The van der Waals surface area contributed by atoms with Crippen LogP contribution in [0.25, 0.3) is 0 Å². The van der Waals surface area contributed by atoms with Crippen LogP contribution in [0.1, 0.15) is 29.2 Å². The molecule has 0 heterocycles. The minimum Gasteiger partial charge on any atom is -0.492 e. The van der Waals surface area contributed by atoms with Crippen LogP contribution < -0.4 is 10.1 Å². The molecule has 2 rings (SSSR count). The van der Waals surface area contributed by atoms with Gasteiger partial charge in [-0.05, 0) is 56.5 Å². The zero-order valence-electron chi connectivity index (χ0n) is 12.8. The molecule has 1 N–H and O–H groups in total. The van der Waals surface area contributed by atoms with Gasteiger partial charge >= 0.3 is 0 Å². The molecule has 0 aromatic heterocycles. The van der Waals surface area contributed by atoms with Crippen LogP contribution in [0.2, 0.25) is 0 Å². The van der Waals surface area contributed by atoms with Gasteiger partial charge in [0.1, 0.15) is 5.75 Å². The van der Waals surface area contributed by atoms with Gasteiger partial charge in [-0.1, -0.05) is 29.8 Å². The summed E-state index contributed by atoms with van der Waals surface area (Å²) >= 11 is 0. The van der Waals surface area contributed by atoms with Crippen LogP contribution in [-0.2, 0) is 6.54 Å². The zero-order valence-corrected chi connectivity index (χ0v) is 12.8. The Kier molecular flexibility index (Phi) is 4.67. The number of anilines is 1. The Hall–Kier alpha value is -1.96. The zero-order chi connectivity index (χ0) is 14.5. The van der Waals surface area contributed by atoms with Crippen molar-refractivity contribution in [3.05, 3.63) is 58.7 Å². The second-order valence-corrected chi connectivity index (χ2v) is 5.22. The molecule has 0 bridgehead atoms. The summed E-state index contributed by atoms with van der Waals surface area (Å²) in [5.41, 5.74) is 6.20. The fraction of sp³-hybridized carbons (Fsp3) is 0.333. The molecule has 0 atom stereocenters. The Morgan fingerprint density at radius 2 is 1.65 bits per heavy atom. The van der Waals surface area contributed by atoms with E-state index >= 15 is 0 Å². The van der Waals surface area contributed by atoms with Gasteiger partial charge < -0.3 is 10.1 Å². The highest BCUT2D eigenvalue weighted by molar-refractivity contribution is 5.58. The maximum Gasteiger partial charge on any atom is 0.142 e. The third-order valence-corrected chi connectivity index (χ3v) is 3.41. The molecule has 2 aromatic carbocycles. The molecule has 0 amide bonds. The molecule has 0 saturated heterocycles. The first kappa shape index (κ1) is 14.4. The van der Waals surface area contributed by atoms with Crippen molar-refractivity contribution in [1.29, 1.82) is 0 Å². The number of ether oxygens (including phenoxy) is 1. The second kappa shape index (κ2) is 6.47. The normalized spacial score (nSPS) is 10.4. The Morgan fingerprint density at radius 1 is 0.950 bits per heavy atom. The smallest absolute Gasteiger partial charge is 0.142 e. The molecule has 2 heteroatoms. The van der Waals surface area contributed by atoms with Crippen molar-refractivity contribution in [3.63, 3.8) is 0 Å². The number of aryl methyl sites for hydroxylation is 3. The van der Waals surface area contributed by atoms with Gasteiger partial charge in [0, 0.05) is 6.54 Å². The van der Waals surface area contributed by atoms with E-state index < -0.39 is 0 Å². The van der Waals surface area contributed by atoms with Gasteiger partial charge in [0.25, 0.3) is 0 Å². The molecule has 0 spiro atoms. The summed E-state index contributed by atoms with van der Waals surface area (Å²) in [6, 6.07) is 12.8. The van der Waals surface area contributed by atoms with Crippen LogP contribution in [0.5, 0.6) is 5.75 Å². The summed E-state index contributed by atoms with van der Waals surface area (Å²) < 4.78 is 5.70. The molecule has 0 aliphatic rings. The number of nitrogens with one attached hydrogen (secondary N) is 1. The van der Waals surface area contributed by atoms with E-state index in [0.717, 1.165) is 18.0 Å². The first-order valence-corrected chi connectivity index (χ1v) is 7.13. The summed E-state index contributed by atoms with van der Waals surface area (Å²) in [5.74, 6) is 0.929. The molecular weight excluding hydrogens is 246 g/mol. The van der Waals surface area contributed by atoms with Gasteiger partial charge in [0.15, 0.2) is 0 Å². The van der Waals surface area contributed by atoms with Crippen molar-refractivity contribution in [2.24, 2.45) is 0 Å². The minimum atomic E-state index is 0.682. The maximum atomic E-state index is 5.70. The molecule has 20 heavy (non-hydrogen) atoms. The molecule has 0 saturated carbocycles. The predicted octanol–water partition coefficient (Wildman–Crippen LogP) is 4.62. The van der Waals surface area contributed by atoms with E-state index in [9.17, 15) is 0 Å². The predicted molar refractivity (Wildman–Crippen MR) is 85.6 cm³/mol. The van der Waals surface area contributed by atoms with Crippen LogP contribution in [0.4, 0.5) is 5.69 Å². The van der Waals surface area contributed by atoms with Crippen molar-refractivity contribution < 1.29 is 4.74 Å². The first-order valence-electron chi connectivity index (χ1n) is 7.13. The van der Waals surface area contributed by atoms with Crippen molar-refractivity contribution >= 4 is 5.69 Å². The standard InChI is InChI=1S/C18H23NO/c1-5-20-18-11-14(3)7-9-17(18)19-12-16-10-13(2)6-8-15(16)4/h6-11,19H,5,12H2,1-4H3. The van der Waals surface area contributed by atoms with Crippen LogP contribution in [0, 0.1) is 20.8 Å². The molecule has 0 aliphatic heterocycles. The van der Waals surface area contributed by atoms with Gasteiger partial charge in [-0.2, -0.15) is 0 Å². The third-order valence-electron chi connectivity index (χ3n) is 3.41. The highest BCUT2D eigenvalue weighted by Gasteiger charge is 2.05. The van der Waals surface area contributed by atoms with E-state index in [0.29, 0.717) is 6.61 Å². The van der Waals surface area contributed by atoms with E-state index in [2.05, 4.69) is 62.5 Å². The maximum absolute atomic E-state index is 5.70. The van der Waals surface area contributed by atoms with Crippen molar-refractivity contribution in [2.45, 2.75) is 34.2 Å². The minimum absolute atomic E-state index is 0.682. The van der Waals surface area contributed by atoms with Crippen molar-refractivity contribution in [3.8, 4) is 5.75 Å². The Balaban J connectivity index is 2.16. The van der Waals surface area contributed by atoms with Crippen LogP contribution >= 0.6 is 0 Å². The largest absolute Gasteiger partial charge is 0.492 e. The highest BCUT2D eigenvalue weighted by atomic mass is 16.5. The number of benzene rings is 2. The topological polar surface area (TPSA) is 21.3 Å². The Labute approximate surface area is 121 Å². The highest BCUT2D eigenvalue weighted by Crippen LogP contribution is 2.26. The van der Waals surface area contributed by atoms with E-state index in [1.165, 1.54) is 22.3 Å². The average molecular weight is 269 g/mol. The molecular formula is C18H23NO. The fourth-order valence-corrected chi connectivity index (χ4v) is 2.23. The van der Waals surface area contributed by atoms with Crippen LogP contribution in [0.15, 0.2) is 36.4 Å². The summed E-state index contributed by atoms with van der Waals surface area (Å²) in [4.78, 5) is 0. The van der Waals surface area contributed by atoms with Gasteiger partial charge in [-0.3, -0.25) is 0 Å².